The van der Waals surface area contributed by atoms with Gasteiger partial charge in [0.25, 0.3) is 0 Å². The van der Waals surface area contributed by atoms with Crippen molar-refractivity contribution in [1.29, 1.82) is 21.0 Å². The highest BCUT2D eigenvalue weighted by Gasteiger charge is 2.18. The van der Waals surface area contributed by atoms with E-state index < -0.39 is 0 Å². The molecule has 7 heterocycles. The van der Waals surface area contributed by atoms with Crippen molar-refractivity contribution in [2.45, 2.75) is 0 Å². The molecule has 0 amide bonds. The molecule has 7 aromatic heterocycles. The van der Waals surface area contributed by atoms with Crippen molar-refractivity contribution < 1.29 is 0 Å². The average molecular weight is 674 g/mol. The van der Waals surface area contributed by atoms with Gasteiger partial charge in [0.1, 0.15) is 34.0 Å². The summed E-state index contributed by atoms with van der Waals surface area (Å²) in [6.45, 7) is 0. The van der Waals surface area contributed by atoms with E-state index in [1.807, 2.05) is 36.4 Å². The van der Waals surface area contributed by atoms with Crippen LogP contribution in [0.4, 0.5) is 0 Å². The molecule has 7 rings (SSSR count). The first-order valence-corrected chi connectivity index (χ1v) is 17.8. The highest BCUT2D eigenvalue weighted by molar-refractivity contribution is 7.32. The van der Waals surface area contributed by atoms with Gasteiger partial charge in [-0.3, -0.25) is 0 Å². The zero-order valence-electron chi connectivity index (χ0n) is 22.6. The molecule has 0 aliphatic rings. The quantitative estimate of drug-likeness (QED) is 0.164. The Kier molecular flexibility index (Phi) is 7.38. The fourth-order valence-corrected chi connectivity index (χ4v) is 10.9. The molecular formula is C33H15N5S6. The van der Waals surface area contributed by atoms with Gasteiger partial charge in [0.05, 0.1) is 31.6 Å². The average Bonchev–Trinajstić information content (AvgIpc) is 3.88. The maximum absolute atomic E-state index is 9.72. The first-order chi connectivity index (χ1) is 21.5. The smallest absolute Gasteiger partial charge is 0.110 e. The molecule has 11 heteroatoms. The molecule has 0 unspecified atom stereocenters. The number of allylic oxidation sites excluding steroid dienone is 2. The van der Waals surface area contributed by atoms with Gasteiger partial charge in [-0.25, -0.2) is 0 Å². The Hall–Kier alpha value is -4.56. The fraction of sp³-hybridized carbons (Fsp3) is 0.0303. The number of nitriles is 4. The maximum atomic E-state index is 9.72. The van der Waals surface area contributed by atoms with Gasteiger partial charge in [0, 0.05) is 46.1 Å². The van der Waals surface area contributed by atoms with E-state index in [4.69, 9.17) is 10.5 Å². The summed E-state index contributed by atoms with van der Waals surface area (Å²) in [7, 11) is 2.11. The predicted molar refractivity (Wildman–Crippen MR) is 188 cm³/mol. The number of fused-ring (bicyclic) bond motifs is 3. The number of thiophene rings is 6. The Morgan fingerprint density at radius 3 is 1.41 bits per heavy atom. The lowest BCUT2D eigenvalue weighted by Crippen LogP contribution is -1.83. The van der Waals surface area contributed by atoms with Crippen molar-refractivity contribution in [2.75, 3.05) is 0 Å². The summed E-state index contributed by atoms with van der Waals surface area (Å²) in [5.74, 6) is 0. The van der Waals surface area contributed by atoms with Crippen molar-refractivity contribution in [3.8, 4) is 43.8 Å². The summed E-state index contributed by atoms with van der Waals surface area (Å²) in [6.07, 6.45) is 3.79. The van der Waals surface area contributed by atoms with E-state index in [1.54, 1.807) is 57.5 Å². The van der Waals surface area contributed by atoms with Crippen LogP contribution in [0.5, 0.6) is 0 Å². The molecule has 208 valence electrons. The Balaban J connectivity index is 1.18. The monoisotopic (exact) mass is 673 g/mol. The normalized spacial score (nSPS) is 11.9. The molecule has 0 spiro atoms. The second-order valence-electron chi connectivity index (χ2n) is 9.50. The van der Waals surface area contributed by atoms with E-state index >= 15 is 0 Å². The van der Waals surface area contributed by atoms with E-state index in [1.165, 1.54) is 52.9 Å². The summed E-state index contributed by atoms with van der Waals surface area (Å²) in [5, 5.41) is 37.7. The number of hydrogen-bond acceptors (Lipinski definition) is 10. The molecule has 0 saturated carbocycles. The third-order valence-corrected chi connectivity index (χ3v) is 13.8. The third-order valence-electron chi connectivity index (χ3n) is 6.87. The molecule has 44 heavy (non-hydrogen) atoms. The SMILES string of the molecule is Cn1c2cc(-c3ccc(/C=C(\C#N)c4ccc(C#N)s4)s3)sc2c2sc(-c3ccc(/C=C(\C#N)c4ccc(C#N)s4)s3)cc21. The Morgan fingerprint density at radius 1 is 0.568 bits per heavy atom. The predicted octanol–water partition coefficient (Wildman–Crippen LogP) is 10.9. The largest absolute Gasteiger partial charge is 0.342 e. The summed E-state index contributed by atoms with van der Waals surface area (Å²) in [4.78, 5) is 9.46. The van der Waals surface area contributed by atoms with Crippen LogP contribution in [0.25, 0.3) is 63.2 Å². The first kappa shape index (κ1) is 28.2. The van der Waals surface area contributed by atoms with E-state index in [-0.39, 0.29) is 0 Å². The number of hydrogen-bond donors (Lipinski definition) is 0. The van der Waals surface area contributed by atoms with Crippen molar-refractivity contribution in [1.82, 2.24) is 4.57 Å². The highest BCUT2D eigenvalue weighted by Crippen LogP contribution is 2.47. The zero-order valence-corrected chi connectivity index (χ0v) is 27.5. The molecule has 0 atom stereocenters. The van der Waals surface area contributed by atoms with Gasteiger partial charge in [-0.1, -0.05) is 0 Å². The van der Waals surface area contributed by atoms with Crippen LogP contribution in [0.15, 0.2) is 60.7 Å². The number of rotatable bonds is 6. The molecule has 0 radical (unpaired) electrons. The Labute approximate surface area is 276 Å². The molecule has 0 aliphatic heterocycles. The minimum Gasteiger partial charge on any atom is -0.342 e. The van der Waals surface area contributed by atoms with Crippen molar-refractivity contribution in [3.05, 3.63) is 89.9 Å². The van der Waals surface area contributed by atoms with E-state index in [2.05, 4.69) is 60.2 Å². The van der Waals surface area contributed by atoms with Crippen LogP contribution in [0.1, 0.15) is 29.3 Å². The van der Waals surface area contributed by atoms with E-state index in [0.29, 0.717) is 20.9 Å². The molecule has 5 nitrogen and oxygen atoms in total. The van der Waals surface area contributed by atoms with Gasteiger partial charge < -0.3 is 4.57 Å². The Morgan fingerprint density at radius 2 is 1.02 bits per heavy atom. The van der Waals surface area contributed by atoms with Gasteiger partial charge >= 0.3 is 0 Å². The van der Waals surface area contributed by atoms with Crippen LogP contribution in [0, 0.1) is 45.3 Å². The summed E-state index contributed by atoms with van der Waals surface area (Å²) in [6, 6.07) is 28.8. The van der Waals surface area contributed by atoms with Gasteiger partial charge in [-0.2, -0.15) is 21.0 Å². The Bertz CT molecular complexity index is 2300. The van der Waals surface area contributed by atoms with Gasteiger partial charge in [0.2, 0.25) is 0 Å². The van der Waals surface area contributed by atoms with Crippen LogP contribution in [-0.4, -0.2) is 4.57 Å². The lowest BCUT2D eigenvalue weighted by molar-refractivity contribution is 1.02. The van der Waals surface area contributed by atoms with Crippen LogP contribution >= 0.6 is 68.0 Å². The molecule has 7 aromatic rings. The summed E-state index contributed by atoms with van der Waals surface area (Å²) >= 11 is 9.54. The minimum atomic E-state index is 0.560. The van der Waals surface area contributed by atoms with Gasteiger partial charge in [0.15, 0.2) is 0 Å². The molecular weight excluding hydrogens is 659 g/mol. The molecule has 0 aliphatic carbocycles. The lowest BCUT2D eigenvalue weighted by atomic mass is 10.2. The summed E-state index contributed by atoms with van der Waals surface area (Å²) < 4.78 is 4.77. The fourth-order valence-electron chi connectivity index (χ4n) is 4.77. The van der Waals surface area contributed by atoms with Crippen LogP contribution in [0.2, 0.25) is 0 Å². The number of aryl methyl sites for hydroxylation is 1. The minimum absolute atomic E-state index is 0.560. The highest BCUT2D eigenvalue weighted by atomic mass is 32.1. The van der Waals surface area contributed by atoms with Crippen molar-refractivity contribution >= 4 is 112 Å². The second kappa shape index (κ2) is 11.5. The molecule has 0 saturated heterocycles. The van der Waals surface area contributed by atoms with E-state index in [0.717, 1.165) is 29.3 Å². The maximum Gasteiger partial charge on any atom is 0.110 e. The molecule has 0 aromatic carbocycles. The topological polar surface area (TPSA) is 100 Å². The zero-order chi connectivity index (χ0) is 30.4. The van der Waals surface area contributed by atoms with Crippen LogP contribution < -0.4 is 0 Å². The third kappa shape index (κ3) is 5.03. The van der Waals surface area contributed by atoms with Crippen LogP contribution in [-0.2, 0) is 7.05 Å². The number of aromatic nitrogens is 1. The van der Waals surface area contributed by atoms with Crippen molar-refractivity contribution in [2.24, 2.45) is 7.05 Å². The van der Waals surface area contributed by atoms with Gasteiger partial charge in [-0.05, 0) is 72.8 Å². The van der Waals surface area contributed by atoms with E-state index in [9.17, 15) is 10.5 Å². The van der Waals surface area contributed by atoms with Crippen molar-refractivity contribution in [3.63, 3.8) is 0 Å². The summed E-state index contributed by atoms with van der Waals surface area (Å²) in [5.41, 5.74) is 3.52. The standard InChI is InChI=1S/C33H15N5S6/c1-38-24-12-30(28-8-2-20(39-28)10-18(14-34)26-6-4-22(16-36)41-26)43-32(24)33-25(38)13-31(44-33)29-9-3-21(40-29)11-19(15-35)27-7-5-23(17-37)42-27/h2-13H,1H3/b18-10+,19-11+. The molecule has 0 fully saturated rings. The molecule has 0 bridgehead atoms. The second-order valence-corrected chi connectivity index (χ2v) is 16.0. The van der Waals surface area contributed by atoms with Crippen LogP contribution in [0.3, 0.4) is 0 Å². The lowest BCUT2D eigenvalue weighted by Gasteiger charge is -1.95. The first-order valence-electron chi connectivity index (χ1n) is 12.9. The van der Waals surface area contributed by atoms with Gasteiger partial charge in [-0.15, -0.1) is 68.0 Å². The number of nitrogens with zero attached hydrogens (tertiary/aromatic N) is 5. The molecule has 0 N–H and O–H groups in total.